The maximum atomic E-state index is 13.0. The topological polar surface area (TPSA) is 68.3 Å². The molecule has 160 valence electrons. The van der Waals surface area contributed by atoms with Gasteiger partial charge < -0.3 is 14.2 Å². The highest BCUT2D eigenvalue weighted by atomic mass is 16.5. The SMILES string of the molecule is CCOc1ccc(N2C(=O)C[C@@H](N(C)CCc3ccc(OC)c(OC)c3)C2=O)cc1. The first-order valence-electron chi connectivity index (χ1n) is 9.99. The van der Waals surface area contributed by atoms with Crippen molar-refractivity contribution in [1.82, 2.24) is 4.90 Å². The summed E-state index contributed by atoms with van der Waals surface area (Å²) in [6, 6.07) is 12.3. The van der Waals surface area contributed by atoms with Gasteiger partial charge in [-0.15, -0.1) is 0 Å². The zero-order chi connectivity index (χ0) is 21.7. The van der Waals surface area contributed by atoms with E-state index in [1.807, 2.05) is 37.1 Å². The van der Waals surface area contributed by atoms with Crippen LogP contribution in [0, 0.1) is 0 Å². The largest absolute Gasteiger partial charge is 0.494 e. The zero-order valence-corrected chi connectivity index (χ0v) is 17.9. The molecule has 0 bridgehead atoms. The van der Waals surface area contributed by atoms with E-state index in [9.17, 15) is 9.59 Å². The Bertz CT molecular complexity index is 897. The summed E-state index contributed by atoms with van der Waals surface area (Å²) < 4.78 is 16.0. The molecule has 0 aromatic heterocycles. The molecule has 0 radical (unpaired) electrons. The number of ether oxygens (including phenoxy) is 3. The van der Waals surface area contributed by atoms with Crippen molar-refractivity contribution in [3.8, 4) is 17.2 Å². The van der Waals surface area contributed by atoms with E-state index in [0.29, 0.717) is 36.1 Å². The summed E-state index contributed by atoms with van der Waals surface area (Å²) in [5, 5.41) is 0. The fourth-order valence-electron chi connectivity index (χ4n) is 3.59. The van der Waals surface area contributed by atoms with Gasteiger partial charge in [0.1, 0.15) is 5.75 Å². The van der Waals surface area contributed by atoms with Gasteiger partial charge in [0.05, 0.1) is 39.0 Å². The second-order valence-corrected chi connectivity index (χ2v) is 7.13. The first-order chi connectivity index (χ1) is 14.5. The fraction of sp³-hybridized carbons (Fsp3) is 0.391. The average molecular weight is 412 g/mol. The van der Waals surface area contributed by atoms with Crippen LogP contribution in [0.25, 0.3) is 0 Å². The predicted molar refractivity (Wildman–Crippen MR) is 114 cm³/mol. The minimum Gasteiger partial charge on any atom is -0.494 e. The molecule has 0 unspecified atom stereocenters. The second-order valence-electron chi connectivity index (χ2n) is 7.13. The molecule has 1 atom stereocenters. The van der Waals surface area contributed by atoms with Gasteiger partial charge in [0.15, 0.2) is 11.5 Å². The van der Waals surface area contributed by atoms with E-state index in [4.69, 9.17) is 14.2 Å². The van der Waals surface area contributed by atoms with Gasteiger partial charge in [-0.2, -0.15) is 0 Å². The average Bonchev–Trinajstić information content (AvgIpc) is 3.06. The van der Waals surface area contributed by atoms with E-state index in [2.05, 4.69) is 0 Å². The Morgan fingerprint density at radius 2 is 1.73 bits per heavy atom. The van der Waals surface area contributed by atoms with E-state index in [1.54, 1.807) is 38.5 Å². The number of methoxy groups -OCH3 is 2. The molecule has 2 aromatic rings. The van der Waals surface area contributed by atoms with Crippen LogP contribution in [-0.4, -0.2) is 57.2 Å². The van der Waals surface area contributed by atoms with Gasteiger partial charge in [0, 0.05) is 6.54 Å². The number of likely N-dealkylation sites (N-methyl/N-ethyl adjacent to an activating group) is 1. The van der Waals surface area contributed by atoms with Crippen molar-refractivity contribution in [2.45, 2.75) is 25.8 Å². The Kier molecular flexibility index (Phi) is 6.95. The van der Waals surface area contributed by atoms with Crippen LogP contribution in [-0.2, 0) is 16.0 Å². The molecule has 1 aliphatic heterocycles. The number of hydrogen-bond donors (Lipinski definition) is 0. The van der Waals surface area contributed by atoms with Gasteiger partial charge in [0.25, 0.3) is 5.91 Å². The smallest absolute Gasteiger partial charge is 0.251 e. The van der Waals surface area contributed by atoms with Crippen molar-refractivity contribution in [3.05, 3.63) is 48.0 Å². The van der Waals surface area contributed by atoms with E-state index in [0.717, 1.165) is 12.0 Å². The fourth-order valence-corrected chi connectivity index (χ4v) is 3.59. The number of imide groups is 1. The molecule has 1 fully saturated rings. The number of rotatable bonds is 9. The quantitative estimate of drug-likeness (QED) is 0.590. The van der Waals surface area contributed by atoms with Crippen molar-refractivity contribution < 1.29 is 23.8 Å². The lowest BCUT2D eigenvalue weighted by molar-refractivity contribution is -0.122. The molecular weight excluding hydrogens is 384 g/mol. The third kappa shape index (κ3) is 4.57. The molecule has 7 nitrogen and oxygen atoms in total. The normalized spacial score (nSPS) is 16.3. The number of anilines is 1. The van der Waals surface area contributed by atoms with Crippen LogP contribution < -0.4 is 19.1 Å². The van der Waals surface area contributed by atoms with Crippen LogP contribution in [0.4, 0.5) is 5.69 Å². The van der Waals surface area contributed by atoms with Crippen molar-refractivity contribution >= 4 is 17.5 Å². The monoisotopic (exact) mass is 412 g/mol. The van der Waals surface area contributed by atoms with Crippen LogP contribution in [0.3, 0.4) is 0 Å². The van der Waals surface area contributed by atoms with Crippen molar-refractivity contribution in [3.63, 3.8) is 0 Å². The summed E-state index contributed by atoms with van der Waals surface area (Å²) in [5.41, 5.74) is 1.64. The van der Waals surface area contributed by atoms with Gasteiger partial charge in [-0.05, 0) is 62.4 Å². The summed E-state index contributed by atoms with van der Waals surface area (Å²) in [4.78, 5) is 28.7. The zero-order valence-electron chi connectivity index (χ0n) is 17.9. The summed E-state index contributed by atoms with van der Waals surface area (Å²) in [6.45, 7) is 3.11. The van der Waals surface area contributed by atoms with Gasteiger partial charge in [-0.25, -0.2) is 4.90 Å². The molecule has 0 N–H and O–H groups in total. The minimum absolute atomic E-state index is 0.175. The highest BCUT2D eigenvalue weighted by Gasteiger charge is 2.41. The Labute approximate surface area is 177 Å². The standard InChI is InChI=1S/C23H28N2O5/c1-5-30-18-9-7-17(8-10-18)25-22(26)15-19(23(25)27)24(2)13-12-16-6-11-20(28-3)21(14-16)29-4/h6-11,14,19H,5,12-13,15H2,1-4H3/t19-/m1/s1. The summed E-state index contributed by atoms with van der Waals surface area (Å²) >= 11 is 0. The molecule has 1 aliphatic rings. The lowest BCUT2D eigenvalue weighted by Gasteiger charge is -2.23. The van der Waals surface area contributed by atoms with E-state index < -0.39 is 6.04 Å². The van der Waals surface area contributed by atoms with Gasteiger partial charge >= 0.3 is 0 Å². The molecule has 3 rings (SSSR count). The van der Waals surface area contributed by atoms with Crippen molar-refractivity contribution in [2.24, 2.45) is 0 Å². The molecule has 1 saturated heterocycles. The molecule has 0 saturated carbocycles. The van der Waals surface area contributed by atoms with Crippen LogP contribution in [0.1, 0.15) is 18.9 Å². The van der Waals surface area contributed by atoms with Crippen molar-refractivity contribution in [1.29, 1.82) is 0 Å². The summed E-state index contributed by atoms with van der Waals surface area (Å²) in [5.74, 6) is 1.68. The van der Waals surface area contributed by atoms with Crippen LogP contribution in [0.2, 0.25) is 0 Å². The van der Waals surface area contributed by atoms with Crippen LogP contribution >= 0.6 is 0 Å². The molecule has 30 heavy (non-hydrogen) atoms. The number of amides is 2. The molecular formula is C23H28N2O5. The molecule has 2 amide bonds. The molecule has 0 aliphatic carbocycles. The number of nitrogens with zero attached hydrogens (tertiary/aromatic N) is 2. The second kappa shape index (κ2) is 9.63. The maximum Gasteiger partial charge on any atom is 0.251 e. The molecule has 1 heterocycles. The summed E-state index contributed by atoms with van der Waals surface area (Å²) in [6.07, 6.45) is 0.895. The van der Waals surface area contributed by atoms with Gasteiger partial charge in [0.2, 0.25) is 5.91 Å². The predicted octanol–water partition coefficient (Wildman–Crippen LogP) is 2.91. The number of benzene rings is 2. The Hall–Kier alpha value is -3.06. The third-order valence-corrected chi connectivity index (χ3v) is 5.26. The Morgan fingerprint density at radius 1 is 1.03 bits per heavy atom. The van der Waals surface area contributed by atoms with E-state index >= 15 is 0 Å². The lowest BCUT2D eigenvalue weighted by Crippen LogP contribution is -2.40. The Balaban J connectivity index is 1.65. The van der Waals surface area contributed by atoms with Crippen LogP contribution in [0.5, 0.6) is 17.2 Å². The lowest BCUT2D eigenvalue weighted by atomic mass is 10.1. The van der Waals surface area contributed by atoms with E-state index in [-0.39, 0.29) is 18.2 Å². The van der Waals surface area contributed by atoms with Gasteiger partial charge in [-0.1, -0.05) is 6.07 Å². The maximum absolute atomic E-state index is 13.0. The van der Waals surface area contributed by atoms with Gasteiger partial charge in [-0.3, -0.25) is 14.5 Å². The number of carbonyl (C=O) groups excluding carboxylic acids is 2. The first kappa shape index (κ1) is 21.6. The first-order valence-corrected chi connectivity index (χ1v) is 9.99. The third-order valence-electron chi connectivity index (χ3n) is 5.26. The summed E-state index contributed by atoms with van der Waals surface area (Å²) in [7, 11) is 5.08. The molecule has 2 aromatic carbocycles. The highest BCUT2D eigenvalue weighted by Crippen LogP contribution is 2.29. The molecule has 0 spiro atoms. The Morgan fingerprint density at radius 3 is 2.37 bits per heavy atom. The number of hydrogen-bond acceptors (Lipinski definition) is 6. The minimum atomic E-state index is -0.468. The number of carbonyl (C=O) groups is 2. The molecule has 7 heteroatoms. The highest BCUT2D eigenvalue weighted by molar-refractivity contribution is 6.22. The van der Waals surface area contributed by atoms with Crippen molar-refractivity contribution in [2.75, 3.05) is 39.3 Å². The van der Waals surface area contributed by atoms with E-state index in [1.165, 1.54) is 4.90 Å². The van der Waals surface area contributed by atoms with Crippen LogP contribution in [0.15, 0.2) is 42.5 Å².